The molecule has 2 saturated heterocycles. The number of rotatable bonds is 4. The number of hydrogen-bond donors (Lipinski definition) is 2. The zero-order valence-electron chi connectivity index (χ0n) is 20.3. The second kappa shape index (κ2) is 8.55. The lowest BCUT2D eigenvalue weighted by molar-refractivity contribution is -0.137. The van der Waals surface area contributed by atoms with Gasteiger partial charge in [-0.2, -0.15) is 0 Å². The summed E-state index contributed by atoms with van der Waals surface area (Å²) < 4.78 is 5.58. The molecule has 7 nitrogen and oxygen atoms in total. The second-order valence-corrected chi connectivity index (χ2v) is 10.3. The van der Waals surface area contributed by atoms with E-state index in [9.17, 15) is 9.59 Å². The number of anilines is 2. The molecular formula is C28H25ClN4O3S. The lowest BCUT2D eigenvalue weighted by atomic mass is 9.67. The van der Waals surface area contributed by atoms with Gasteiger partial charge < -0.3 is 15.4 Å². The van der Waals surface area contributed by atoms with E-state index in [4.69, 9.17) is 28.6 Å². The van der Waals surface area contributed by atoms with Gasteiger partial charge in [0.15, 0.2) is 16.2 Å². The minimum absolute atomic E-state index is 0.250. The summed E-state index contributed by atoms with van der Waals surface area (Å²) in [6, 6.07) is 22.2. The van der Waals surface area contributed by atoms with Gasteiger partial charge in [0.2, 0.25) is 0 Å². The average Bonchev–Trinajstić information content (AvgIpc) is 3.44. The number of halogens is 1. The van der Waals surface area contributed by atoms with E-state index in [0.29, 0.717) is 35.3 Å². The third-order valence-corrected chi connectivity index (χ3v) is 8.28. The van der Waals surface area contributed by atoms with Crippen molar-refractivity contribution < 1.29 is 14.3 Å². The molecule has 3 aliphatic rings. The van der Waals surface area contributed by atoms with Crippen LogP contribution in [-0.2, 0) is 15.1 Å². The van der Waals surface area contributed by atoms with Crippen molar-refractivity contribution in [1.82, 2.24) is 10.2 Å². The number of benzene rings is 3. The summed E-state index contributed by atoms with van der Waals surface area (Å²) in [5.74, 6) is -0.237. The van der Waals surface area contributed by atoms with Crippen molar-refractivity contribution in [2.24, 2.45) is 0 Å². The largest absolute Gasteiger partial charge is 0.494 e. The number of para-hydroxylation sites is 1. The highest BCUT2D eigenvalue weighted by Crippen LogP contribution is 2.59. The van der Waals surface area contributed by atoms with Crippen LogP contribution in [0.25, 0.3) is 0 Å². The zero-order chi connectivity index (χ0) is 25.9. The van der Waals surface area contributed by atoms with Gasteiger partial charge in [-0.05, 0) is 74.2 Å². The van der Waals surface area contributed by atoms with Gasteiger partial charge in [-0.25, -0.2) is 0 Å². The molecule has 2 spiro atoms. The van der Waals surface area contributed by atoms with Crippen molar-refractivity contribution >= 4 is 52.1 Å². The van der Waals surface area contributed by atoms with E-state index in [0.717, 1.165) is 11.1 Å². The van der Waals surface area contributed by atoms with Crippen LogP contribution in [0, 0.1) is 0 Å². The van der Waals surface area contributed by atoms with Crippen molar-refractivity contribution in [2.75, 3.05) is 30.4 Å². The predicted molar refractivity (Wildman–Crippen MR) is 147 cm³/mol. The number of nitrogens with one attached hydrogen (secondary N) is 2. The smallest absolute Gasteiger partial charge is 0.262 e. The minimum atomic E-state index is -1.40. The first-order chi connectivity index (χ1) is 17.8. The second-order valence-electron chi connectivity index (χ2n) is 9.50. The Morgan fingerprint density at radius 3 is 2.46 bits per heavy atom. The van der Waals surface area contributed by atoms with Gasteiger partial charge in [-0.1, -0.05) is 41.9 Å². The molecule has 3 heterocycles. The maximum Gasteiger partial charge on any atom is 0.262 e. The molecule has 0 aliphatic carbocycles. The molecule has 1 unspecified atom stereocenters. The number of ether oxygens (including phenoxy) is 1. The summed E-state index contributed by atoms with van der Waals surface area (Å²) in [6.45, 7) is 2.90. The molecule has 0 saturated carbocycles. The molecule has 2 amide bonds. The maximum atomic E-state index is 14.8. The summed E-state index contributed by atoms with van der Waals surface area (Å²) >= 11 is 12.0. The summed E-state index contributed by atoms with van der Waals surface area (Å²) in [7, 11) is 1.89. The number of likely N-dealkylation sites (tertiary alicyclic amines) is 1. The molecule has 0 aromatic heterocycles. The monoisotopic (exact) mass is 532 g/mol. The van der Waals surface area contributed by atoms with E-state index < -0.39 is 17.0 Å². The number of carbonyl (C=O) groups is 2. The van der Waals surface area contributed by atoms with E-state index in [1.165, 1.54) is 4.90 Å². The zero-order valence-corrected chi connectivity index (χ0v) is 21.9. The van der Waals surface area contributed by atoms with Crippen LogP contribution in [0.1, 0.15) is 24.0 Å². The van der Waals surface area contributed by atoms with Gasteiger partial charge in [0, 0.05) is 28.7 Å². The SMILES string of the molecule is CCOc1ccc(N2C(=O)[C@@]3(NC2=S)C(c2ccc(Cl)cc2)CN(C)[C@]32C(=O)Nc3ccccc32)cc1. The summed E-state index contributed by atoms with van der Waals surface area (Å²) in [4.78, 5) is 32.3. The first-order valence-electron chi connectivity index (χ1n) is 12.1. The maximum absolute atomic E-state index is 14.8. The molecule has 3 aromatic rings. The van der Waals surface area contributed by atoms with Crippen LogP contribution < -0.4 is 20.3 Å². The van der Waals surface area contributed by atoms with E-state index in [1.807, 2.05) is 67.4 Å². The quantitative estimate of drug-likeness (QED) is 0.489. The van der Waals surface area contributed by atoms with Gasteiger partial charge in [0.05, 0.1) is 12.3 Å². The van der Waals surface area contributed by atoms with Crippen LogP contribution in [-0.4, -0.2) is 47.6 Å². The first kappa shape index (κ1) is 23.9. The Morgan fingerprint density at radius 1 is 1.05 bits per heavy atom. The van der Waals surface area contributed by atoms with Crippen LogP contribution in [0.4, 0.5) is 11.4 Å². The normalized spacial score (nSPS) is 26.6. The standard InChI is InChI=1S/C28H25ClN4O3S/c1-3-36-20-14-12-19(13-15-20)33-25(35)27(31-26(33)37)22(17-8-10-18(29)11-9-17)16-32(2)28(27)21-6-4-5-7-23(21)30-24(28)34/h4-15,22H,3,16H2,1-2H3,(H,30,34)(H,31,37)/t22?,27-,28+/m0/s1. The number of fused-ring (bicyclic) bond motifs is 3. The number of thiocarbonyl (C=S) groups is 1. The van der Waals surface area contributed by atoms with Crippen LogP contribution in [0.3, 0.4) is 0 Å². The van der Waals surface area contributed by atoms with Crippen LogP contribution in [0.2, 0.25) is 5.02 Å². The average molecular weight is 533 g/mol. The Hall–Kier alpha value is -3.46. The first-order valence-corrected chi connectivity index (χ1v) is 12.9. The van der Waals surface area contributed by atoms with E-state index in [2.05, 4.69) is 10.6 Å². The van der Waals surface area contributed by atoms with Gasteiger partial charge in [-0.15, -0.1) is 0 Å². The van der Waals surface area contributed by atoms with Gasteiger partial charge >= 0.3 is 0 Å². The lowest BCUT2D eigenvalue weighted by Gasteiger charge is -2.42. The molecule has 3 atom stereocenters. The molecular weight excluding hydrogens is 508 g/mol. The molecule has 6 rings (SSSR count). The Bertz CT molecular complexity index is 1430. The Kier molecular flexibility index (Phi) is 5.52. The van der Waals surface area contributed by atoms with E-state index >= 15 is 0 Å². The molecule has 9 heteroatoms. The molecule has 3 aliphatic heterocycles. The summed E-state index contributed by atoms with van der Waals surface area (Å²) in [5.41, 5.74) is 0.208. The Morgan fingerprint density at radius 2 is 1.76 bits per heavy atom. The topological polar surface area (TPSA) is 73.9 Å². The van der Waals surface area contributed by atoms with Crippen molar-refractivity contribution in [3.05, 3.63) is 88.9 Å². The van der Waals surface area contributed by atoms with Crippen molar-refractivity contribution in [2.45, 2.75) is 23.9 Å². The molecule has 0 radical (unpaired) electrons. The van der Waals surface area contributed by atoms with Crippen LogP contribution in [0.5, 0.6) is 5.75 Å². The van der Waals surface area contributed by atoms with Gasteiger partial charge in [0.25, 0.3) is 11.8 Å². The van der Waals surface area contributed by atoms with Crippen molar-refractivity contribution in [3.8, 4) is 5.75 Å². The summed E-state index contributed by atoms with van der Waals surface area (Å²) in [5, 5.41) is 7.29. The fourth-order valence-electron chi connectivity index (χ4n) is 6.29. The third-order valence-electron chi connectivity index (χ3n) is 7.74. The molecule has 0 bridgehead atoms. The predicted octanol–water partition coefficient (Wildman–Crippen LogP) is 4.28. The highest BCUT2D eigenvalue weighted by Gasteiger charge is 2.77. The highest BCUT2D eigenvalue weighted by molar-refractivity contribution is 7.80. The fourth-order valence-corrected chi connectivity index (χ4v) is 6.76. The number of amides is 2. The molecule has 3 aromatic carbocycles. The van der Waals surface area contributed by atoms with Crippen LogP contribution in [0.15, 0.2) is 72.8 Å². The van der Waals surface area contributed by atoms with Crippen LogP contribution >= 0.6 is 23.8 Å². The lowest BCUT2D eigenvalue weighted by Crippen LogP contribution is -2.68. The fraction of sp³-hybridized carbons (Fsp3) is 0.250. The molecule has 2 N–H and O–H groups in total. The van der Waals surface area contributed by atoms with Gasteiger partial charge in [0.1, 0.15) is 5.75 Å². The molecule has 37 heavy (non-hydrogen) atoms. The Labute approximate surface area is 225 Å². The van der Waals surface area contributed by atoms with Gasteiger partial charge in [-0.3, -0.25) is 19.4 Å². The highest BCUT2D eigenvalue weighted by atomic mass is 35.5. The number of hydrogen-bond acceptors (Lipinski definition) is 5. The van der Waals surface area contributed by atoms with E-state index in [1.54, 1.807) is 24.3 Å². The molecule has 188 valence electrons. The Balaban J connectivity index is 1.57. The minimum Gasteiger partial charge on any atom is -0.494 e. The van der Waals surface area contributed by atoms with Crippen molar-refractivity contribution in [3.63, 3.8) is 0 Å². The number of carbonyl (C=O) groups excluding carboxylic acids is 2. The van der Waals surface area contributed by atoms with Crippen molar-refractivity contribution in [1.29, 1.82) is 0 Å². The molecule has 2 fully saturated rings. The number of nitrogens with zero attached hydrogens (tertiary/aromatic N) is 2. The van der Waals surface area contributed by atoms with E-state index in [-0.39, 0.29) is 16.9 Å². The third kappa shape index (κ3) is 3.13. The number of likely N-dealkylation sites (N-methyl/N-ethyl adjacent to an activating group) is 1. The summed E-state index contributed by atoms with van der Waals surface area (Å²) in [6.07, 6.45) is 0.